The van der Waals surface area contributed by atoms with E-state index in [-0.39, 0.29) is 11.8 Å². The fourth-order valence-corrected chi connectivity index (χ4v) is 3.44. The number of nitrogens with one attached hydrogen (secondary N) is 1. The predicted molar refractivity (Wildman–Crippen MR) is 91.6 cm³/mol. The molecular weight excluding hydrogens is 319 g/mol. The van der Waals surface area contributed by atoms with Gasteiger partial charge in [0.15, 0.2) is 0 Å². The Bertz CT molecular complexity index is 707. The van der Waals surface area contributed by atoms with E-state index < -0.39 is 0 Å². The van der Waals surface area contributed by atoms with E-state index in [0.29, 0.717) is 27.8 Å². The van der Waals surface area contributed by atoms with Gasteiger partial charge in [0.05, 0.1) is 15.7 Å². The molecule has 5 heteroatoms. The van der Waals surface area contributed by atoms with Crippen LogP contribution >= 0.6 is 23.2 Å². The molecule has 2 aromatic carbocycles. The maximum atomic E-state index is 12.3. The van der Waals surface area contributed by atoms with Crippen LogP contribution in [0.1, 0.15) is 29.9 Å². The third kappa shape index (κ3) is 3.06. The molecule has 0 saturated carbocycles. The van der Waals surface area contributed by atoms with Crippen molar-refractivity contribution in [3.05, 3.63) is 57.6 Å². The minimum absolute atomic E-state index is 0.0430. The second kappa shape index (κ2) is 6.19. The van der Waals surface area contributed by atoms with Gasteiger partial charge >= 0.3 is 0 Å². The molecule has 22 heavy (non-hydrogen) atoms. The molecule has 0 bridgehead atoms. The van der Waals surface area contributed by atoms with Crippen molar-refractivity contribution in [1.29, 1.82) is 0 Å². The first-order valence-corrected chi connectivity index (χ1v) is 7.92. The highest BCUT2D eigenvalue weighted by molar-refractivity contribution is 6.39. The van der Waals surface area contributed by atoms with Gasteiger partial charge in [0.25, 0.3) is 0 Å². The molecule has 0 aromatic heterocycles. The minimum atomic E-state index is -0.0430. The highest BCUT2D eigenvalue weighted by Crippen LogP contribution is 2.36. The third-order valence-electron chi connectivity index (χ3n) is 4.05. The largest absolute Gasteiger partial charge is 0.396 e. The lowest BCUT2D eigenvalue weighted by Crippen LogP contribution is -2.14. The molecule has 1 atom stereocenters. The molecule has 1 amide bonds. The van der Waals surface area contributed by atoms with Gasteiger partial charge in [0.2, 0.25) is 5.91 Å². The Morgan fingerprint density at radius 2 is 1.91 bits per heavy atom. The van der Waals surface area contributed by atoms with Gasteiger partial charge in [-0.25, -0.2) is 0 Å². The average Bonchev–Trinajstić information content (AvgIpc) is 2.88. The van der Waals surface area contributed by atoms with Crippen LogP contribution < -0.4 is 11.1 Å². The number of rotatable bonds is 3. The zero-order valence-electron chi connectivity index (χ0n) is 11.9. The number of nitrogens with two attached hydrogens (primary N) is 1. The fourth-order valence-electron chi connectivity index (χ4n) is 2.95. The Hall–Kier alpha value is -1.71. The maximum absolute atomic E-state index is 12.3. The van der Waals surface area contributed by atoms with Crippen LogP contribution in [0.15, 0.2) is 36.4 Å². The number of carbonyl (C=O) groups excluding carboxylic acids is 1. The van der Waals surface area contributed by atoms with Crippen molar-refractivity contribution in [2.45, 2.75) is 25.2 Å². The van der Waals surface area contributed by atoms with E-state index in [9.17, 15) is 4.79 Å². The van der Waals surface area contributed by atoms with E-state index >= 15 is 0 Å². The van der Waals surface area contributed by atoms with Crippen LogP contribution in [-0.4, -0.2) is 5.91 Å². The van der Waals surface area contributed by atoms with E-state index in [4.69, 9.17) is 28.9 Å². The Kier molecular flexibility index (Phi) is 4.27. The first kappa shape index (κ1) is 15.2. The van der Waals surface area contributed by atoms with Crippen LogP contribution in [0.5, 0.6) is 0 Å². The molecule has 0 saturated heterocycles. The van der Waals surface area contributed by atoms with Crippen LogP contribution in [0.3, 0.4) is 0 Å². The fraction of sp³-hybridized carbons (Fsp3) is 0.235. The summed E-state index contributed by atoms with van der Waals surface area (Å²) < 4.78 is 0. The van der Waals surface area contributed by atoms with E-state index in [1.54, 1.807) is 12.1 Å². The lowest BCUT2D eigenvalue weighted by atomic mass is 9.97. The van der Waals surface area contributed by atoms with Crippen molar-refractivity contribution in [1.82, 2.24) is 0 Å². The Labute approximate surface area is 139 Å². The van der Waals surface area contributed by atoms with E-state index in [0.717, 1.165) is 12.8 Å². The number of anilines is 2. The number of carbonyl (C=O) groups is 1. The summed E-state index contributed by atoms with van der Waals surface area (Å²) in [5.74, 6) is 0.231. The number of amides is 1. The summed E-state index contributed by atoms with van der Waals surface area (Å²) in [4.78, 5) is 12.3. The molecule has 0 fully saturated rings. The summed E-state index contributed by atoms with van der Waals surface area (Å²) in [5, 5.41) is 3.53. The van der Waals surface area contributed by atoms with Gasteiger partial charge in [-0.2, -0.15) is 0 Å². The maximum Gasteiger partial charge on any atom is 0.224 e. The quantitative estimate of drug-likeness (QED) is 0.803. The van der Waals surface area contributed by atoms with Crippen molar-refractivity contribution in [2.24, 2.45) is 0 Å². The monoisotopic (exact) mass is 334 g/mol. The van der Waals surface area contributed by atoms with Gasteiger partial charge in [0, 0.05) is 12.1 Å². The standard InChI is InChI=1S/C17H16Cl2N2O/c18-14-8-12(9-15(19)17(14)20)21-16(22)7-11-6-5-10-3-1-2-4-13(10)11/h1-4,8-9,11H,5-7,20H2,(H,21,22). The number of halogens is 2. The molecule has 0 spiro atoms. The lowest BCUT2D eigenvalue weighted by Gasteiger charge is -2.13. The van der Waals surface area contributed by atoms with E-state index in [2.05, 4.69) is 17.4 Å². The van der Waals surface area contributed by atoms with E-state index in [1.165, 1.54) is 11.1 Å². The SMILES string of the molecule is Nc1c(Cl)cc(NC(=O)CC2CCc3ccccc32)cc1Cl. The van der Waals surface area contributed by atoms with Crippen molar-refractivity contribution >= 4 is 40.5 Å². The molecule has 1 unspecified atom stereocenters. The van der Waals surface area contributed by atoms with Crippen LogP contribution in [0.4, 0.5) is 11.4 Å². The van der Waals surface area contributed by atoms with Crippen molar-refractivity contribution in [3.8, 4) is 0 Å². The summed E-state index contributed by atoms with van der Waals surface area (Å²) in [6.45, 7) is 0. The zero-order valence-corrected chi connectivity index (χ0v) is 13.4. The molecule has 3 N–H and O–H groups in total. The first-order valence-electron chi connectivity index (χ1n) is 7.17. The van der Waals surface area contributed by atoms with Crippen LogP contribution in [0.25, 0.3) is 0 Å². The number of nitrogen functional groups attached to an aromatic ring is 1. The molecule has 3 rings (SSSR count). The minimum Gasteiger partial charge on any atom is -0.396 e. The smallest absolute Gasteiger partial charge is 0.224 e. The Morgan fingerprint density at radius 3 is 2.64 bits per heavy atom. The molecule has 0 radical (unpaired) electrons. The predicted octanol–water partition coefficient (Wildman–Crippen LogP) is 4.63. The molecule has 1 aliphatic carbocycles. The normalized spacial score (nSPS) is 16.4. The second-order valence-electron chi connectivity index (χ2n) is 5.54. The van der Waals surface area contributed by atoms with Crippen molar-refractivity contribution in [3.63, 3.8) is 0 Å². The summed E-state index contributed by atoms with van der Waals surface area (Å²) in [5.41, 5.74) is 9.21. The average molecular weight is 335 g/mol. The lowest BCUT2D eigenvalue weighted by molar-refractivity contribution is -0.116. The number of hydrogen-bond acceptors (Lipinski definition) is 2. The van der Waals surface area contributed by atoms with Gasteiger partial charge in [0.1, 0.15) is 0 Å². The number of hydrogen-bond donors (Lipinski definition) is 2. The van der Waals surface area contributed by atoms with Crippen molar-refractivity contribution < 1.29 is 4.79 Å². The van der Waals surface area contributed by atoms with Crippen LogP contribution in [0, 0.1) is 0 Å². The highest BCUT2D eigenvalue weighted by Gasteiger charge is 2.24. The summed E-state index contributed by atoms with van der Waals surface area (Å²) in [7, 11) is 0. The third-order valence-corrected chi connectivity index (χ3v) is 4.68. The van der Waals surface area contributed by atoms with Gasteiger partial charge in [-0.05, 0) is 42.0 Å². The molecule has 0 aliphatic heterocycles. The summed E-state index contributed by atoms with van der Waals surface area (Å²) >= 11 is 12.0. The van der Waals surface area contributed by atoms with Crippen LogP contribution in [-0.2, 0) is 11.2 Å². The van der Waals surface area contributed by atoms with Gasteiger partial charge < -0.3 is 11.1 Å². The summed E-state index contributed by atoms with van der Waals surface area (Å²) in [6, 6.07) is 11.5. The number of fused-ring (bicyclic) bond motifs is 1. The Balaban J connectivity index is 1.69. The second-order valence-corrected chi connectivity index (χ2v) is 6.35. The van der Waals surface area contributed by atoms with Gasteiger partial charge in [-0.15, -0.1) is 0 Å². The molecule has 114 valence electrons. The van der Waals surface area contributed by atoms with Gasteiger partial charge in [-0.1, -0.05) is 47.5 Å². The summed E-state index contributed by atoms with van der Waals surface area (Å²) in [6.07, 6.45) is 2.50. The highest BCUT2D eigenvalue weighted by atomic mass is 35.5. The topological polar surface area (TPSA) is 55.1 Å². The molecular formula is C17H16Cl2N2O. The van der Waals surface area contributed by atoms with E-state index in [1.807, 2.05) is 12.1 Å². The molecule has 3 nitrogen and oxygen atoms in total. The molecule has 2 aromatic rings. The number of aryl methyl sites for hydroxylation is 1. The molecule has 1 aliphatic rings. The van der Waals surface area contributed by atoms with Crippen LogP contribution in [0.2, 0.25) is 10.0 Å². The zero-order chi connectivity index (χ0) is 15.7. The molecule has 0 heterocycles. The first-order chi connectivity index (χ1) is 10.5. The number of benzene rings is 2. The Morgan fingerprint density at radius 1 is 1.23 bits per heavy atom. The van der Waals surface area contributed by atoms with Gasteiger partial charge in [-0.3, -0.25) is 4.79 Å². The van der Waals surface area contributed by atoms with Crippen molar-refractivity contribution in [2.75, 3.05) is 11.1 Å².